The van der Waals surface area contributed by atoms with Gasteiger partial charge in [-0.15, -0.1) is 0 Å². The van der Waals surface area contributed by atoms with E-state index in [1.165, 1.54) is 29.8 Å². The number of hydrogen-bond donors (Lipinski definition) is 1. The lowest BCUT2D eigenvalue weighted by Crippen LogP contribution is -2.29. The van der Waals surface area contributed by atoms with Crippen LogP contribution >= 0.6 is 12.2 Å². The van der Waals surface area contributed by atoms with Crippen LogP contribution in [0.1, 0.15) is 59.2 Å². The number of hydrogen-bond acceptors (Lipinski definition) is 3. The molecule has 1 N–H and O–H groups in total. The van der Waals surface area contributed by atoms with Gasteiger partial charge >= 0.3 is 0 Å². The minimum atomic E-state index is -0.0465. The normalized spacial score (nSPS) is 19.4. The molecule has 182 valence electrons. The lowest BCUT2D eigenvalue weighted by atomic mass is 9.96. The van der Waals surface area contributed by atoms with Crippen LogP contribution in [0.4, 0.5) is 5.69 Å². The highest BCUT2D eigenvalue weighted by Gasteiger charge is 2.43. The fraction of sp³-hybridized carbons (Fsp3) is 0.267. The highest BCUT2D eigenvalue weighted by atomic mass is 32.1. The van der Waals surface area contributed by atoms with Gasteiger partial charge in [-0.2, -0.15) is 0 Å². The van der Waals surface area contributed by atoms with Crippen molar-refractivity contribution in [1.82, 2.24) is 14.9 Å². The molecule has 2 atom stereocenters. The number of para-hydroxylation sites is 1. The fourth-order valence-corrected chi connectivity index (χ4v) is 5.76. The Balaban J connectivity index is 1.38. The van der Waals surface area contributed by atoms with Gasteiger partial charge in [0.1, 0.15) is 11.5 Å². The molecule has 0 bridgehead atoms. The summed E-state index contributed by atoms with van der Waals surface area (Å²) >= 11 is 5.93. The predicted octanol–water partition coefficient (Wildman–Crippen LogP) is 7.11. The van der Waals surface area contributed by atoms with Gasteiger partial charge in [0.15, 0.2) is 5.11 Å². The zero-order valence-electron chi connectivity index (χ0n) is 20.8. The maximum absolute atomic E-state index is 6.15. The SMILES string of the molecule is Cc1ccccc1Oc1ccc(N2C(=S)N[C@@H](c3ccccn3)[C@@H]2c2cc(C)n(C3CC3)c2C)cc1. The largest absolute Gasteiger partial charge is 0.457 e. The van der Waals surface area contributed by atoms with Crippen LogP contribution in [-0.2, 0) is 0 Å². The first kappa shape index (κ1) is 22.8. The summed E-state index contributed by atoms with van der Waals surface area (Å²) in [6.07, 6.45) is 4.37. The van der Waals surface area contributed by atoms with Crippen LogP contribution in [0.25, 0.3) is 0 Å². The van der Waals surface area contributed by atoms with E-state index >= 15 is 0 Å². The van der Waals surface area contributed by atoms with Gasteiger partial charge < -0.3 is 19.5 Å². The highest BCUT2D eigenvalue weighted by Crippen LogP contribution is 2.46. The number of benzene rings is 2. The Morgan fingerprint density at radius 2 is 1.69 bits per heavy atom. The molecule has 2 aromatic carbocycles. The highest BCUT2D eigenvalue weighted by molar-refractivity contribution is 7.80. The summed E-state index contributed by atoms with van der Waals surface area (Å²) in [6.45, 7) is 6.51. The summed E-state index contributed by atoms with van der Waals surface area (Å²) in [4.78, 5) is 6.94. The van der Waals surface area contributed by atoms with E-state index < -0.39 is 0 Å². The van der Waals surface area contributed by atoms with Crippen LogP contribution in [0, 0.1) is 20.8 Å². The topological polar surface area (TPSA) is 42.3 Å². The molecule has 0 unspecified atom stereocenters. The molecule has 0 spiro atoms. The van der Waals surface area contributed by atoms with Gasteiger partial charge in [0, 0.05) is 29.3 Å². The minimum absolute atomic E-state index is 0.00534. The van der Waals surface area contributed by atoms with Crippen molar-refractivity contribution in [2.75, 3.05) is 4.90 Å². The van der Waals surface area contributed by atoms with Crippen molar-refractivity contribution in [2.24, 2.45) is 0 Å². The van der Waals surface area contributed by atoms with E-state index in [-0.39, 0.29) is 12.1 Å². The van der Waals surface area contributed by atoms with Gasteiger partial charge in [0.25, 0.3) is 0 Å². The average molecular weight is 495 g/mol. The summed E-state index contributed by atoms with van der Waals surface area (Å²) in [6, 6.07) is 25.3. The Bertz CT molecular complexity index is 1410. The minimum Gasteiger partial charge on any atom is -0.457 e. The number of aryl methyl sites for hydroxylation is 2. The monoisotopic (exact) mass is 494 g/mol. The van der Waals surface area contributed by atoms with E-state index in [4.69, 9.17) is 21.9 Å². The third kappa shape index (κ3) is 4.05. The van der Waals surface area contributed by atoms with Crippen LogP contribution < -0.4 is 15.0 Å². The van der Waals surface area contributed by atoms with Crippen molar-refractivity contribution in [3.05, 3.63) is 107 Å². The first-order valence-electron chi connectivity index (χ1n) is 12.5. The van der Waals surface area contributed by atoms with Crippen LogP contribution in [0.5, 0.6) is 11.5 Å². The number of thiocarbonyl (C=S) groups is 1. The maximum Gasteiger partial charge on any atom is 0.174 e. The second-order valence-electron chi connectivity index (χ2n) is 9.79. The van der Waals surface area contributed by atoms with Crippen molar-refractivity contribution >= 4 is 23.0 Å². The van der Waals surface area contributed by atoms with Gasteiger partial charge in [-0.05, 0) is 105 Å². The summed E-state index contributed by atoms with van der Waals surface area (Å²) in [5.41, 5.74) is 7.05. The van der Waals surface area contributed by atoms with Crippen molar-refractivity contribution in [1.29, 1.82) is 0 Å². The summed E-state index contributed by atoms with van der Waals surface area (Å²) in [5, 5.41) is 4.29. The molecule has 4 aromatic rings. The zero-order chi connectivity index (χ0) is 24.8. The van der Waals surface area contributed by atoms with Crippen LogP contribution in [-0.4, -0.2) is 14.7 Å². The molecular weight excluding hydrogens is 464 g/mol. The summed E-state index contributed by atoms with van der Waals surface area (Å²) in [7, 11) is 0. The lowest BCUT2D eigenvalue weighted by Gasteiger charge is -2.28. The average Bonchev–Trinajstić information content (AvgIpc) is 3.60. The zero-order valence-corrected chi connectivity index (χ0v) is 21.6. The molecule has 0 radical (unpaired) electrons. The van der Waals surface area contributed by atoms with Crippen LogP contribution in [0.3, 0.4) is 0 Å². The second-order valence-corrected chi connectivity index (χ2v) is 10.2. The molecule has 1 saturated heterocycles. The molecule has 2 aliphatic rings. The number of nitrogens with zero attached hydrogens (tertiary/aromatic N) is 3. The number of anilines is 1. The Morgan fingerprint density at radius 1 is 0.944 bits per heavy atom. The summed E-state index contributed by atoms with van der Waals surface area (Å²) < 4.78 is 8.65. The third-order valence-corrected chi connectivity index (χ3v) is 7.60. The van der Waals surface area contributed by atoms with E-state index in [2.05, 4.69) is 65.9 Å². The van der Waals surface area contributed by atoms with E-state index in [0.717, 1.165) is 28.4 Å². The van der Waals surface area contributed by atoms with Crippen molar-refractivity contribution < 1.29 is 4.74 Å². The molecule has 5 nitrogen and oxygen atoms in total. The molecule has 2 fully saturated rings. The van der Waals surface area contributed by atoms with E-state index in [1.54, 1.807) is 0 Å². The third-order valence-electron chi connectivity index (χ3n) is 7.29. The molecular formula is C30H30N4OS. The van der Waals surface area contributed by atoms with Crippen molar-refractivity contribution in [3.8, 4) is 11.5 Å². The number of nitrogens with one attached hydrogen (secondary N) is 1. The number of ether oxygens (including phenoxy) is 1. The van der Waals surface area contributed by atoms with E-state index in [1.807, 2.05) is 48.7 Å². The van der Waals surface area contributed by atoms with E-state index in [9.17, 15) is 0 Å². The first-order chi connectivity index (χ1) is 17.5. The molecule has 1 aliphatic heterocycles. The number of rotatable bonds is 6. The standard InChI is InChI=1S/C30H30N4OS/c1-19-8-4-5-10-27(19)35-24-15-13-23(14-16-24)34-29(25-18-20(2)33(21(25)3)22-11-12-22)28(32-30(34)36)26-9-6-7-17-31-26/h4-10,13-18,22,28-29H,11-12H2,1-3H3,(H,32,36)/t28-,29-/m0/s1. The maximum atomic E-state index is 6.15. The van der Waals surface area contributed by atoms with Crippen molar-refractivity contribution in [2.45, 2.75) is 51.7 Å². The molecule has 1 saturated carbocycles. The molecule has 1 aliphatic carbocycles. The first-order valence-corrected chi connectivity index (χ1v) is 12.9. The summed E-state index contributed by atoms with van der Waals surface area (Å²) in [5.74, 6) is 1.67. The number of aromatic nitrogens is 2. The number of pyridine rings is 1. The van der Waals surface area contributed by atoms with Crippen LogP contribution in [0.15, 0.2) is 79.0 Å². The molecule has 0 amide bonds. The molecule has 6 heteroatoms. The lowest BCUT2D eigenvalue weighted by molar-refractivity contribution is 0.479. The second kappa shape index (κ2) is 9.10. The molecule has 36 heavy (non-hydrogen) atoms. The Labute approximate surface area is 217 Å². The van der Waals surface area contributed by atoms with Gasteiger partial charge in [0.05, 0.1) is 17.8 Å². The fourth-order valence-electron chi connectivity index (χ4n) is 5.42. The Kier molecular flexibility index (Phi) is 5.76. The van der Waals surface area contributed by atoms with Gasteiger partial charge in [-0.25, -0.2) is 0 Å². The van der Waals surface area contributed by atoms with E-state index in [0.29, 0.717) is 11.2 Å². The van der Waals surface area contributed by atoms with Crippen molar-refractivity contribution in [3.63, 3.8) is 0 Å². The Hall–Kier alpha value is -3.64. The predicted molar refractivity (Wildman–Crippen MR) is 148 cm³/mol. The molecule has 2 aromatic heterocycles. The van der Waals surface area contributed by atoms with Gasteiger partial charge in [0.2, 0.25) is 0 Å². The smallest absolute Gasteiger partial charge is 0.174 e. The molecule has 6 rings (SSSR count). The quantitative estimate of drug-likeness (QED) is 0.289. The van der Waals surface area contributed by atoms with Gasteiger partial charge in [-0.1, -0.05) is 24.3 Å². The van der Waals surface area contributed by atoms with Crippen LogP contribution in [0.2, 0.25) is 0 Å². The van der Waals surface area contributed by atoms with Gasteiger partial charge in [-0.3, -0.25) is 4.98 Å². The molecule has 3 heterocycles. The Morgan fingerprint density at radius 3 is 2.39 bits per heavy atom.